The van der Waals surface area contributed by atoms with Crippen LogP contribution in [-0.2, 0) is 6.54 Å². The summed E-state index contributed by atoms with van der Waals surface area (Å²) < 4.78 is 11.5. The molecule has 1 N–H and O–H groups in total. The maximum Gasteiger partial charge on any atom is 0.253 e. The molecule has 0 radical (unpaired) electrons. The van der Waals surface area contributed by atoms with Crippen LogP contribution in [0.25, 0.3) is 10.9 Å². The van der Waals surface area contributed by atoms with Crippen molar-refractivity contribution in [3.63, 3.8) is 0 Å². The number of nitrogens with one attached hydrogen (secondary N) is 1. The largest absolute Gasteiger partial charge is 0.497 e. The second kappa shape index (κ2) is 10.1. The predicted octanol–water partition coefficient (Wildman–Crippen LogP) is 5.12. The third-order valence-electron chi connectivity index (χ3n) is 6.46. The van der Waals surface area contributed by atoms with Gasteiger partial charge in [0.1, 0.15) is 17.2 Å². The van der Waals surface area contributed by atoms with E-state index < -0.39 is 0 Å². The highest BCUT2D eigenvalue weighted by Gasteiger charge is 2.21. The van der Waals surface area contributed by atoms with E-state index in [1.165, 1.54) is 0 Å². The third kappa shape index (κ3) is 4.73. The summed E-state index contributed by atoms with van der Waals surface area (Å²) >= 11 is 0. The highest BCUT2D eigenvalue weighted by molar-refractivity contribution is 5.96. The fraction of sp³-hybridized carbons (Fsp3) is 0.207. The number of rotatable bonds is 7. The van der Waals surface area contributed by atoms with E-state index in [-0.39, 0.29) is 11.8 Å². The zero-order valence-corrected chi connectivity index (χ0v) is 20.3. The van der Waals surface area contributed by atoms with Gasteiger partial charge in [-0.05, 0) is 61.4 Å². The van der Waals surface area contributed by atoms with Crippen molar-refractivity contribution in [2.24, 2.45) is 0 Å². The molecule has 0 aliphatic carbocycles. The summed E-state index contributed by atoms with van der Waals surface area (Å²) in [5.41, 5.74) is 3.64. The Hall–Kier alpha value is -4.39. The molecular formula is C29H27N3O4. The van der Waals surface area contributed by atoms with Crippen LogP contribution >= 0.6 is 0 Å². The van der Waals surface area contributed by atoms with Crippen molar-refractivity contribution in [2.45, 2.75) is 19.9 Å². The van der Waals surface area contributed by atoms with Gasteiger partial charge in [-0.1, -0.05) is 18.2 Å². The molecule has 1 saturated heterocycles. The second-order valence-electron chi connectivity index (χ2n) is 8.75. The minimum absolute atomic E-state index is 0.0605. The van der Waals surface area contributed by atoms with Gasteiger partial charge in [0, 0.05) is 54.0 Å². The molecule has 182 valence electrons. The smallest absolute Gasteiger partial charge is 0.253 e. The molecule has 1 aliphatic heterocycles. The number of nitrogens with zero attached hydrogens (tertiary/aromatic N) is 2. The Bertz CT molecular complexity index is 1430. The van der Waals surface area contributed by atoms with Gasteiger partial charge >= 0.3 is 0 Å². The fourth-order valence-corrected chi connectivity index (χ4v) is 4.15. The lowest BCUT2D eigenvalue weighted by Crippen LogP contribution is -2.42. The van der Waals surface area contributed by atoms with Crippen molar-refractivity contribution in [3.05, 3.63) is 95.2 Å². The zero-order valence-electron chi connectivity index (χ0n) is 20.3. The molecule has 36 heavy (non-hydrogen) atoms. The van der Waals surface area contributed by atoms with Gasteiger partial charge in [0.25, 0.3) is 11.8 Å². The minimum Gasteiger partial charge on any atom is -0.497 e. The predicted molar refractivity (Wildman–Crippen MR) is 138 cm³/mol. The van der Waals surface area contributed by atoms with Crippen LogP contribution < -0.4 is 14.8 Å². The van der Waals surface area contributed by atoms with Gasteiger partial charge in [0.2, 0.25) is 0 Å². The first-order chi connectivity index (χ1) is 17.5. The molecule has 2 amide bonds. The molecule has 5 rings (SSSR count). The van der Waals surface area contributed by atoms with E-state index in [9.17, 15) is 9.59 Å². The summed E-state index contributed by atoms with van der Waals surface area (Å²) in [7, 11) is 1.62. The maximum absolute atomic E-state index is 13.0. The van der Waals surface area contributed by atoms with Crippen LogP contribution in [0.1, 0.15) is 38.3 Å². The van der Waals surface area contributed by atoms with Gasteiger partial charge in [-0.2, -0.15) is 0 Å². The molecular weight excluding hydrogens is 454 g/mol. The normalized spacial score (nSPS) is 12.7. The lowest BCUT2D eigenvalue weighted by Gasteiger charge is -2.30. The number of likely N-dealkylation sites (tertiary alicyclic amines) is 1. The van der Waals surface area contributed by atoms with E-state index in [1.807, 2.05) is 60.4 Å². The van der Waals surface area contributed by atoms with E-state index in [4.69, 9.17) is 9.47 Å². The van der Waals surface area contributed by atoms with Gasteiger partial charge in [0.05, 0.1) is 12.6 Å². The molecule has 0 bridgehead atoms. The summed E-state index contributed by atoms with van der Waals surface area (Å²) in [6.07, 6.45) is 2.75. The van der Waals surface area contributed by atoms with E-state index >= 15 is 0 Å². The van der Waals surface area contributed by atoms with Gasteiger partial charge < -0.3 is 19.7 Å². The average Bonchev–Trinajstić information content (AvgIpc) is 2.87. The number of hydrogen-bond acceptors (Lipinski definition) is 5. The van der Waals surface area contributed by atoms with Crippen LogP contribution in [0.5, 0.6) is 17.2 Å². The summed E-state index contributed by atoms with van der Waals surface area (Å²) in [6, 6.07) is 20.2. The number of aromatic nitrogens is 1. The van der Waals surface area contributed by atoms with Crippen LogP contribution in [0.15, 0.2) is 72.9 Å². The van der Waals surface area contributed by atoms with Crippen LogP contribution in [0.3, 0.4) is 0 Å². The van der Waals surface area contributed by atoms with Crippen LogP contribution in [-0.4, -0.2) is 41.9 Å². The number of benzene rings is 3. The first kappa shape index (κ1) is 23.4. The molecule has 0 unspecified atom stereocenters. The molecule has 0 saturated carbocycles. The van der Waals surface area contributed by atoms with E-state index in [2.05, 4.69) is 10.3 Å². The highest BCUT2D eigenvalue weighted by atomic mass is 16.5. The Morgan fingerprint density at radius 2 is 1.81 bits per heavy atom. The van der Waals surface area contributed by atoms with Gasteiger partial charge in [0.15, 0.2) is 0 Å². The first-order valence-corrected chi connectivity index (χ1v) is 11.9. The molecule has 0 spiro atoms. The van der Waals surface area contributed by atoms with Crippen molar-refractivity contribution in [1.29, 1.82) is 0 Å². The number of ether oxygens (including phenoxy) is 2. The second-order valence-corrected chi connectivity index (χ2v) is 8.75. The molecule has 3 aromatic carbocycles. The van der Waals surface area contributed by atoms with Gasteiger partial charge in [-0.25, -0.2) is 0 Å². The van der Waals surface area contributed by atoms with Crippen molar-refractivity contribution in [3.8, 4) is 17.2 Å². The lowest BCUT2D eigenvalue weighted by molar-refractivity contribution is 0.0651. The first-order valence-electron chi connectivity index (χ1n) is 11.9. The molecule has 2 heterocycles. The Morgan fingerprint density at radius 1 is 1.00 bits per heavy atom. The molecule has 4 aromatic rings. The van der Waals surface area contributed by atoms with E-state index in [1.54, 1.807) is 31.5 Å². The average molecular weight is 482 g/mol. The van der Waals surface area contributed by atoms with Crippen LogP contribution in [0.4, 0.5) is 0 Å². The highest BCUT2D eigenvalue weighted by Crippen LogP contribution is 2.33. The number of amides is 2. The van der Waals surface area contributed by atoms with E-state index in [0.29, 0.717) is 29.2 Å². The Labute approximate surface area is 209 Å². The summed E-state index contributed by atoms with van der Waals surface area (Å²) in [6.45, 7) is 3.88. The number of methoxy groups -OCH3 is 1. The van der Waals surface area contributed by atoms with Gasteiger partial charge in [-0.3, -0.25) is 14.6 Å². The van der Waals surface area contributed by atoms with Gasteiger partial charge in [-0.15, -0.1) is 0 Å². The maximum atomic E-state index is 13.0. The molecule has 7 nitrogen and oxygen atoms in total. The molecule has 0 atom stereocenters. The van der Waals surface area contributed by atoms with Crippen molar-refractivity contribution >= 4 is 22.7 Å². The van der Waals surface area contributed by atoms with Crippen molar-refractivity contribution in [2.75, 3.05) is 20.2 Å². The summed E-state index contributed by atoms with van der Waals surface area (Å²) in [5.74, 6) is 1.84. The number of pyridine rings is 1. The number of carbonyl (C=O) groups excluding carboxylic acids is 2. The molecule has 1 aliphatic rings. The van der Waals surface area contributed by atoms with Crippen molar-refractivity contribution < 1.29 is 19.1 Å². The Balaban J connectivity index is 1.28. The van der Waals surface area contributed by atoms with E-state index in [0.717, 1.165) is 47.3 Å². The van der Waals surface area contributed by atoms with Crippen LogP contribution in [0.2, 0.25) is 0 Å². The SMILES string of the molecule is COc1ccc2c(Oc3cccc(C(=O)NCc4ccc(C(=O)N5CCC5)cc4)c3C)ccnc2c1. The third-order valence-corrected chi connectivity index (χ3v) is 6.46. The number of hydrogen-bond donors (Lipinski definition) is 1. The Morgan fingerprint density at radius 3 is 2.53 bits per heavy atom. The topological polar surface area (TPSA) is 80.8 Å². The monoisotopic (exact) mass is 481 g/mol. The summed E-state index contributed by atoms with van der Waals surface area (Å²) in [4.78, 5) is 31.5. The zero-order chi connectivity index (χ0) is 25.1. The quantitative estimate of drug-likeness (QED) is 0.396. The molecule has 1 aromatic heterocycles. The molecule has 1 fully saturated rings. The fourth-order valence-electron chi connectivity index (χ4n) is 4.15. The van der Waals surface area contributed by atoms with Crippen molar-refractivity contribution in [1.82, 2.24) is 15.2 Å². The van der Waals surface area contributed by atoms with Crippen LogP contribution in [0, 0.1) is 6.92 Å². The minimum atomic E-state index is -0.192. The Kier molecular flexibility index (Phi) is 6.54. The number of carbonyl (C=O) groups is 2. The summed E-state index contributed by atoms with van der Waals surface area (Å²) in [5, 5.41) is 3.82. The number of fused-ring (bicyclic) bond motifs is 1. The molecule has 7 heteroatoms. The standard InChI is InChI=1S/C29H27N3O4/c1-19-23(28(33)31-18-20-7-9-21(10-8-20)29(34)32-15-4-16-32)5-3-6-26(19)36-27-13-14-30-25-17-22(35-2)11-12-24(25)27/h3,5-14,17H,4,15-16,18H2,1-2H3,(H,31,33). The lowest BCUT2D eigenvalue weighted by atomic mass is 10.1.